The maximum atomic E-state index is 5.69. The van der Waals surface area contributed by atoms with Gasteiger partial charge < -0.3 is 19.2 Å². The number of nitrogens with zero attached hydrogens (tertiary/aromatic N) is 2. The molecular formula is C21H32N2O3. The molecule has 1 aromatic carbocycles. The van der Waals surface area contributed by atoms with Crippen LogP contribution in [0.3, 0.4) is 0 Å². The minimum absolute atomic E-state index is 0.148. The summed E-state index contributed by atoms with van der Waals surface area (Å²) in [7, 11) is 5.61. The first-order valence-electron chi connectivity index (χ1n) is 9.46. The third-order valence-corrected chi connectivity index (χ3v) is 5.78. The van der Waals surface area contributed by atoms with E-state index in [0.29, 0.717) is 6.04 Å². The number of likely N-dealkylation sites (tertiary alicyclic amines) is 1. The molecular weight excluding hydrogens is 328 g/mol. The second kappa shape index (κ2) is 7.10. The maximum absolute atomic E-state index is 5.69. The minimum Gasteiger partial charge on any atom is -0.493 e. The molecule has 3 rings (SSSR count). The SMILES string of the molecule is COc1ccc(C23CC/C(=N\OC(C)(C)C)CC2N(C)CC3)cc1OC. The van der Waals surface area contributed by atoms with E-state index in [9.17, 15) is 0 Å². The second-order valence-corrected chi connectivity index (χ2v) is 8.54. The van der Waals surface area contributed by atoms with Crippen molar-refractivity contribution in [3.05, 3.63) is 23.8 Å². The quantitative estimate of drug-likeness (QED) is 0.761. The largest absolute Gasteiger partial charge is 0.493 e. The standard InChI is InChI=1S/C21H32N2O3/c1-20(2,3)26-22-16-9-10-21(11-12-23(4)19(21)14-16)15-7-8-17(24-5)18(13-15)25-6/h7-8,13,19H,9-12,14H2,1-6H3/b22-16+. The summed E-state index contributed by atoms with van der Waals surface area (Å²) in [4.78, 5) is 8.17. The zero-order chi connectivity index (χ0) is 18.9. The summed E-state index contributed by atoms with van der Waals surface area (Å²) in [5, 5.41) is 4.48. The molecule has 0 aromatic heterocycles. The lowest BCUT2D eigenvalue weighted by atomic mass is 9.65. The predicted molar refractivity (Wildman–Crippen MR) is 104 cm³/mol. The molecule has 5 nitrogen and oxygen atoms in total. The van der Waals surface area contributed by atoms with Gasteiger partial charge in [0.15, 0.2) is 11.5 Å². The lowest BCUT2D eigenvalue weighted by Crippen LogP contribution is -2.46. The Hall–Kier alpha value is -1.75. The molecule has 1 saturated heterocycles. The van der Waals surface area contributed by atoms with Crippen molar-refractivity contribution in [1.82, 2.24) is 4.90 Å². The molecule has 2 aliphatic rings. The first kappa shape index (κ1) is 19.0. The summed E-state index contributed by atoms with van der Waals surface area (Å²) >= 11 is 0. The Kier molecular flexibility index (Phi) is 5.20. The Morgan fingerprint density at radius 3 is 2.50 bits per heavy atom. The van der Waals surface area contributed by atoms with Crippen LogP contribution in [0.4, 0.5) is 0 Å². The van der Waals surface area contributed by atoms with Gasteiger partial charge >= 0.3 is 0 Å². The van der Waals surface area contributed by atoms with Crippen molar-refractivity contribution in [3.63, 3.8) is 0 Å². The van der Waals surface area contributed by atoms with Gasteiger partial charge in [-0.25, -0.2) is 0 Å². The van der Waals surface area contributed by atoms with Crippen LogP contribution in [0.15, 0.2) is 23.4 Å². The summed E-state index contributed by atoms with van der Waals surface area (Å²) in [5.74, 6) is 1.59. The number of fused-ring (bicyclic) bond motifs is 1. The third kappa shape index (κ3) is 3.54. The molecule has 1 aromatic rings. The molecule has 1 aliphatic heterocycles. The van der Waals surface area contributed by atoms with Gasteiger partial charge in [0.1, 0.15) is 5.60 Å². The average molecular weight is 360 g/mol. The highest BCUT2D eigenvalue weighted by molar-refractivity contribution is 5.86. The van der Waals surface area contributed by atoms with Crippen LogP contribution in [0, 0.1) is 0 Å². The molecule has 144 valence electrons. The third-order valence-electron chi connectivity index (χ3n) is 5.78. The Labute approximate surface area is 157 Å². The molecule has 2 unspecified atom stereocenters. The number of hydrogen-bond donors (Lipinski definition) is 0. The van der Waals surface area contributed by atoms with E-state index in [1.54, 1.807) is 14.2 Å². The first-order valence-corrected chi connectivity index (χ1v) is 9.46. The van der Waals surface area contributed by atoms with Gasteiger partial charge in [-0.15, -0.1) is 0 Å². The van der Waals surface area contributed by atoms with Crippen molar-refractivity contribution in [3.8, 4) is 11.5 Å². The number of ether oxygens (including phenoxy) is 2. The molecule has 0 N–H and O–H groups in total. The highest BCUT2D eigenvalue weighted by Crippen LogP contribution is 2.49. The van der Waals surface area contributed by atoms with Crippen molar-refractivity contribution in [2.45, 2.75) is 63.5 Å². The van der Waals surface area contributed by atoms with E-state index in [2.05, 4.69) is 29.2 Å². The number of hydrogen-bond acceptors (Lipinski definition) is 5. The van der Waals surface area contributed by atoms with E-state index in [1.165, 1.54) is 11.3 Å². The van der Waals surface area contributed by atoms with Crippen molar-refractivity contribution in [1.29, 1.82) is 0 Å². The molecule has 1 heterocycles. The normalized spacial score (nSPS) is 28.1. The fraction of sp³-hybridized carbons (Fsp3) is 0.667. The van der Waals surface area contributed by atoms with E-state index < -0.39 is 0 Å². The highest BCUT2D eigenvalue weighted by atomic mass is 16.6. The van der Waals surface area contributed by atoms with Crippen LogP contribution in [0.5, 0.6) is 11.5 Å². The number of rotatable bonds is 4. The molecule has 0 radical (unpaired) electrons. The lowest BCUT2D eigenvalue weighted by Gasteiger charge is -2.42. The minimum atomic E-state index is -0.244. The molecule has 0 amide bonds. The van der Waals surface area contributed by atoms with Gasteiger partial charge in [0.05, 0.1) is 19.9 Å². The van der Waals surface area contributed by atoms with Gasteiger partial charge in [0, 0.05) is 17.9 Å². The fourth-order valence-electron chi connectivity index (χ4n) is 4.37. The molecule has 5 heteroatoms. The summed E-state index contributed by atoms with van der Waals surface area (Å²) in [5.41, 5.74) is 2.43. The number of methoxy groups -OCH3 is 2. The van der Waals surface area contributed by atoms with E-state index in [0.717, 1.165) is 43.7 Å². The summed E-state index contributed by atoms with van der Waals surface area (Å²) in [6, 6.07) is 6.85. The van der Waals surface area contributed by atoms with E-state index in [4.69, 9.17) is 14.3 Å². The Bertz CT molecular complexity index is 680. The van der Waals surface area contributed by atoms with Gasteiger partial charge in [-0.05, 0) is 71.3 Å². The van der Waals surface area contributed by atoms with Gasteiger partial charge in [0.25, 0.3) is 0 Å². The molecule has 1 saturated carbocycles. The van der Waals surface area contributed by atoms with Crippen LogP contribution in [0.25, 0.3) is 0 Å². The van der Waals surface area contributed by atoms with Crippen molar-refractivity contribution < 1.29 is 14.3 Å². The Morgan fingerprint density at radius 1 is 1.12 bits per heavy atom. The second-order valence-electron chi connectivity index (χ2n) is 8.54. The molecule has 0 spiro atoms. The van der Waals surface area contributed by atoms with Crippen molar-refractivity contribution in [2.75, 3.05) is 27.8 Å². The molecule has 26 heavy (non-hydrogen) atoms. The van der Waals surface area contributed by atoms with Crippen LogP contribution in [0.1, 0.15) is 52.0 Å². The van der Waals surface area contributed by atoms with Gasteiger partial charge in [0.2, 0.25) is 0 Å². The first-order chi connectivity index (χ1) is 12.3. The Balaban J connectivity index is 1.90. The van der Waals surface area contributed by atoms with Gasteiger partial charge in [-0.2, -0.15) is 0 Å². The van der Waals surface area contributed by atoms with Crippen LogP contribution in [-0.2, 0) is 10.3 Å². The van der Waals surface area contributed by atoms with E-state index in [1.807, 2.05) is 26.8 Å². The van der Waals surface area contributed by atoms with Crippen molar-refractivity contribution in [2.24, 2.45) is 5.16 Å². The van der Waals surface area contributed by atoms with Crippen LogP contribution in [0.2, 0.25) is 0 Å². The number of oxime groups is 1. The summed E-state index contributed by atoms with van der Waals surface area (Å²) in [6.45, 7) is 7.22. The van der Waals surface area contributed by atoms with E-state index in [-0.39, 0.29) is 11.0 Å². The maximum Gasteiger partial charge on any atom is 0.161 e. The summed E-state index contributed by atoms with van der Waals surface area (Å²) < 4.78 is 11.0. The fourth-order valence-corrected chi connectivity index (χ4v) is 4.37. The zero-order valence-corrected chi connectivity index (χ0v) is 17.0. The van der Waals surface area contributed by atoms with Crippen LogP contribution >= 0.6 is 0 Å². The number of likely N-dealkylation sites (N-methyl/N-ethyl adjacent to an activating group) is 1. The molecule has 2 fully saturated rings. The zero-order valence-electron chi connectivity index (χ0n) is 17.0. The molecule has 0 bridgehead atoms. The summed E-state index contributed by atoms with van der Waals surface area (Å²) in [6.07, 6.45) is 4.19. The Morgan fingerprint density at radius 2 is 1.85 bits per heavy atom. The smallest absolute Gasteiger partial charge is 0.161 e. The average Bonchev–Trinajstić information content (AvgIpc) is 2.96. The molecule has 2 atom stereocenters. The van der Waals surface area contributed by atoms with Crippen LogP contribution in [-0.4, -0.2) is 50.1 Å². The van der Waals surface area contributed by atoms with Gasteiger partial charge in [-0.1, -0.05) is 11.2 Å². The van der Waals surface area contributed by atoms with Crippen molar-refractivity contribution >= 4 is 5.71 Å². The predicted octanol–water partition coefficient (Wildman–Crippen LogP) is 4.00. The number of benzene rings is 1. The van der Waals surface area contributed by atoms with Gasteiger partial charge in [-0.3, -0.25) is 0 Å². The highest BCUT2D eigenvalue weighted by Gasteiger charge is 2.50. The van der Waals surface area contributed by atoms with E-state index >= 15 is 0 Å². The monoisotopic (exact) mass is 360 g/mol. The topological polar surface area (TPSA) is 43.3 Å². The molecule has 1 aliphatic carbocycles. The van der Waals surface area contributed by atoms with Crippen LogP contribution < -0.4 is 9.47 Å². The lowest BCUT2D eigenvalue weighted by molar-refractivity contribution is -0.000654.